The van der Waals surface area contributed by atoms with Gasteiger partial charge in [-0.05, 0) is 17.7 Å². The van der Waals surface area contributed by atoms with Crippen LogP contribution in [-0.4, -0.2) is 13.1 Å². The molecule has 15 heavy (non-hydrogen) atoms. The number of pyridine rings is 1. The van der Waals surface area contributed by atoms with Crippen molar-refractivity contribution in [2.45, 2.75) is 51.4 Å². The summed E-state index contributed by atoms with van der Waals surface area (Å²) in [6.45, 7) is 9.46. The van der Waals surface area contributed by atoms with Crippen LogP contribution in [0.3, 0.4) is 0 Å². The summed E-state index contributed by atoms with van der Waals surface area (Å²) in [5.74, 6) is 0. The summed E-state index contributed by atoms with van der Waals surface area (Å²) >= 11 is 0. The first-order valence-corrected chi connectivity index (χ1v) is 8.81. The molecule has 0 aliphatic carbocycles. The summed E-state index contributed by atoms with van der Waals surface area (Å²) < 4.78 is 0. The van der Waals surface area contributed by atoms with Crippen molar-refractivity contribution < 1.29 is 0 Å². The first kappa shape index (κ1) is 12.4. The highest BCUT2D eigenvalue weighted by Crippen LogP contribution is 2.34. The molecule has 1 heterocycles. The molecule has 1 nitrogen and oxygen atoms in total. The number of rotatable bonds is 5. The van der Waals surface area contributed by atoms with Gasteiger partial charge in [-0.25, -0.2) is 0 Å². The van der Waals surface area contributed by atoms with Crippen LogP contribution in [0.1, 0.15) is 38.9 Å². The molecule has 0 aromatic carbocycles. The lowest BCUT2D eigenvalue weighted by molar-refractivity contribution is 0.900. The highest BCUT2D eigenvalue weighted by Gasteiger charge is 2.34. The second kappa shape index (κ2) is 5.45. The summed E-state index contributed by atoms with van der Waals surface area (Å²) in [5.41, 5.74) is 1.99. The minimum absolute atomic E-state index is 0.693. The van der Waals surface area contributed by atoms with Crippen LogP contribution in [-0.2, 0) is 0 Å². The van der Waals surface area contributed by atoms with E-state index in [4.69, 9.17) is 0 Å². The van der Waals surface area contributed by atoms with Crippen molar-refractivity contribution in [3.05, 3.63) is 30.1 Å². The molecule has 1 rings (SSSR count). The standard InChI is InChI=1S/C13H23NSi/c1-5-15(6-2,7-3)12(4)13-10-8-9-11-14-13/h8-12H,5-7H2,1-4H3/t12-/m1/s1. The van der Waals surface area contributed by atoms with Crippen molar-refractivity contribution in [3.8, 4) is 0 Å². The Morgan fingerprint density at radius 1 is 1.13 bits per heavy atom. The van der Waals surface area contributed by atoms with E-state index in [0.29, 0.717) is 5.54 Å². The average molecular weight is 221 g/mol. The first-order valence-electron chi connectivity index (χ1n) is 6.11. The van der Waals surface area contributed by atoms with Crippen LogP contribution in [0.5, 0.6) is 0 Å². The van der Waals surface area contributed by atoms with E-state index in [9.17, 15) is 0 Å². The number of hydrogen-bond donors (Lipinski definition) is 0. The molecule has 0 N–H and O–H groups in total. The van der Waals surface area contributed by atoms with Crippen molar-refractivity contribution in [2.24, 2.45) is 0 Å². The van der Waals surface area contributed by atoms with Gasteiger partial charge in [0.25, 0.3) is 0 Å². The fourth-order valence-electron chi connectivity index (χ4n) is 2.61. The van der Waals surface area contributed by atoms with Gasteiger partial charge < -0.3 is 0 Å². The zero-order valence-electron chi connectivity index (χ0n) is 10.5. The number of nitrogens with zero attached hydrogens (tertiary/aromatic N) is 1. The quantitative estimate of drug-likeness (QED) is 0.678. The van der Waals surface area contributed by atoms with Gasteiger partial charge in [-0.2, -0.15) is 0 Å². The Balaban J connectivity index is 2.95. The SMILES string of the molecule is CC[Si](CC)(CC)[C@H](C)c1ccccn1. The van der Waals surface area contributed by atoms with Crippen molar-refractivity contribution in [3.63, 3.8) is 0 Å². The first-order chi connectivity index (χ1) is 7.20. The highest BCUT2D eigenvalue weighted by molar-refractivity contribution is 6.80. The molecule has 1 aromatic rings. The third-order valence-corrected chi connectivity index (χ3v) is 10.5. The third kappa shape index (κ3) is 2.48. The largest absolute Gasteiger partial charge is 0.261 e. The Labute approximate surface area is 95.0 Å². The van der Waals surface area contributed by atoms with Gasteiger partial charge in [-0.3, -0.25) is 4.98 Å². The second-order valence-electron chi connectivity index (χ2n) is 4.40. The van der Waals surface area contributed by atoms with Crippen molar-refractivity contribution in [1.29, 1.82) is 0 Å². The van der Waals surface area contributed by atoms with Crippen LogP contribution in [0.25, 0.3) is 0 Å². The minimum Gasteiger partial charge on any atom is -0.261 e. The van der Waals surface area contributed by atoms with Crippen molar-refractivity contribution in [1.82, 2.24) is 4.98 Å². The Morgan fingerprint density at radius 3 is 2.13 bits per heavy atom. The van der Waals surface area contributed by atoms with E-state index in [0.717, 1.165) is 0 Å². The van der Waals surface area contributed by atoms with Gasteiger partial charge in [0, 0.05) is 11.9 Å². The molecule has 0 aliphatic heterocycles. The zero-order chi connectivity index (χ0) is 11.3. The predicted octanol–water partition coefficient (Wildman–Crippen LogP) is 4.23. The molecule has 1 aromatic heterocycles. The van der Waals surface area contributed by atoms with Crippen LogP contribution in [0.15, 0.2) is 24.4 Å². The molecule has 0 unspecified atom stereocenters. The molecule has 0 saturated heterocycles. The third-order valence-electron chi connectivity index (χ3n) is 4.16. The van der Waals surface area contributed by atoms with Gasteiger partial charge in [-0.15, -0.1) is 0 Å². The molecule has 0 radical (unpaired) electrons. The van der Waals surface area contributed by atoms with E-state index < -0.39 is 8.07 Å². The van der Waals surface area contributed by atoms with Gasteiger partial charge in [-0.1, -0.05) is 51.9 Å². The van der Waals surface area contributed by atoms with E-state index in [2.05, 4.69) is 44.8 Å². The Hall–Kier alpha value is -0.633. The van der Waals surface area contributed by atoms with Crippen molar-refractivity contribution >= 4 is 8.07 Å². The summed E-state index contributed by atoms with van der Waals surface area (Å²) in [6.07, 6.45) is 1.92. The number of hydrogen-bond acceptors (Lipinski definition) is 1. The zero-order valence-corrected chi connectivity index (χ0v) is 11.5. The van der Waals surface area contributed by atoms with Gasteiger partial charge in [0.15, 0.2) is 0 Å². The topological polar surface area (TPSA) is 12.9 Å². The van der Waals surface area contributed by atoms with E-state index >= 15 is 0 Å². The lowest BCUT2D eigenvalue weighted by Crippen LogP contribution is -2.38. The normalized spacial score (nSPS) is 13.9. The van der Waals surface area contributed by atoms with E-state index in [-0.39, 0.29) is 0 Å². The van der Waals surface area contributed by atoms with Gasteiger partial charge in [0.05, 0.1) is 8.07 Å². The molecular formula is C13H23NSi. The van der Waals surface area contributed by atoms with Gasteiger partial charge >= 0.3 is 0 Å². The molecule has 2 heteroatoms. The molecule has 0 fully saturated rings. The maximum Gasteiger partial charge on any atom is 0.0621 e. The van der Waals surface area contributed by atoms with Gasteiger partial charge in [0.1, 0.15) is 0 Å². The molecular weight excluding hydrogens is 198 g/mol. The molecule has 0 amide bonds. The second-order valence-corrected chi connectivity index (χ2v) is 10.1. The maximum absolute atomic E-state index is 4.52. The molecule has 84 valence electrons. The summed E-state index contributed by atoms with van der Waals surface area (Å²) in [7, 11) is -1.12. The van der Waals surface area contributed by atoms with Crippen LogP contribution in [0, 0.1) is 0 Å². The highest BCUT2D eigenvalue weighted by atomic mass is 28.3. The summed E-state index contributed by atoms with van der Waals surface area (Å²) in [5, 5.41) is 0. The Kier molecular flexibility index (Phi) is 4.52. The van der Waals surface area contributed by atoms with E-state index in [1.807, 2.05) is 12.3 Å². The molecule has 0 aliphatic rings. The monoisotopic (exact) mass is 221 g/mol. The summed E-state index contributed by atoms with van der Waals surface area (Å²) in [4.78, 5) is 4.52. The van der Waals surface area contributed by atoms with E-state index in [1.54, 1.807) is 0 Å². The number of aromatic nitrogens is 1. The Morgan fingerprint density at radius 2 is 1.73 bits per heavy atom. The van der Waals surface area contributed by atoms with Crippen LogP contribution < -0.4 is 0 Å². The fourth-order valence-corrected chi connectivity index (χ4v) is 6.75. The van der Waals surface area contributed by atoms with Crippen LogP contribution in [0.4, 0.5) is 0 Å². The maximum atomic E-state index is 4.52. The van der Waals surface area contributed by atoms with E-state index in [1.165, 1.54) is 23.8 Å². The van der Waals surface area contributed by atoms with Crippen molar-refractivity contribution in [2.75, 3.05) is 0 Å². The van der Waals surface area contributed by atoms with Gasteiger partial charge in [0.2, 0.25) is 0 Å². The van der Waals surface area contributed by atoms with Crippen LogP contribution >= 0.6 is 0 Å². The molecule has 0 saturated carbocycles. The average Bonchev–Trinajstić information content (AvgIpc) is 2.33. The molecule has 0 spiro atoms. The fraction of sp³-hybridized carbons (Fsp3) is 0.615. The Bertz CT molecular complexity index is 272. The molecule has 0 bridgehead atoms. The smallest absolute Gasteiger partial charge is 0.0621 e. The molecule has 1 atom stereocenters. The predicted molar refractivity (Wildman–Crippen MR) is 69.8 cm³/mol. The van der Waals surface area contributed by atoms with Crippen LogP contribution in [0.2, 0.25) is 18.1 Å². The minimum atomic E-state index is -1.12. The lowest BCUT2D eigenvalue weighted by Gasteiger charge is -2.34. The summed E-state index contributed by atoms with van der Waals surface area (Å²) in [6, 6.07) is 10.4. The lowest BCUT2D eigenvalue weighted by atomic mass is 10.3.